The van der Waals surface area contributed by atoms with Gasteiger partial charge in [-0.2, -0.15) is 5.10 Å². The van der Waals surface area contributed by atoms with Crippen molar-refractivity contribution in [3.8, 4) is 5.75 Å². The molecule has 3 rings (SSSR count). The molecule has 124 valence electrons. The topological polar surface area (TPSA) is 69.0 Å². The molecule has 6 heteroatoms. The van der Waals surface area contributed by atoms with Crippen LogP contribution in [0.3, 0.4) is 0 Å². The summed E-state index contributed by atoms with van der Waals surface area (Å²) in [5, 5.41) is 8.08. The first-order chi connectivity index (χ1) is 11.6. The number of methoxy groups -OCH3 is 1. The van der Waals surface area contributed by atoms with Crippen LogP contribution in [0.2, 0.25) is 0 Å². The summed E-state index contributed by atoms with van der Waals surface area (Å²) in [5.41, 5.74) is 2.32. The van der Waals surface area contributed by atoms with E-state index in [1.54, 1.807) is 19.5 Å². The van der Waals surface area contributed by atoms with E-state index >= 15 is 0 Å². The number of nitrogens with zero attached hydrogens (tertiary/aromatic N) is 3. The van der Waals surface area contributed by atoms with Gasteiger partial charge in [-0.05, 0) is 37.6 Å². The zero-order valence-corrected chi connectivity index (χ0v) is 14.0. The van der Waals surface area contributed by atoms with Gasteiger partial charge in [0.15, 0.2) is 5.65 Å². The summed E-state index contributed by atoms with van der Waals surface area (Å²) in [5.74, 6) is 0.638. The number of aromatic nitrogens is 3. The highest BCUT2D eigenvalue weighted by Gasteiger charge is 2.11. The Kier molecular flexibility index (Phi) is 4.46. The Labute approximate surface area is 140 Å². The average molecular weight is 324 g/mol. The second kappa shape index (κ2) is 6.70. The molecule has 3 aromatic rings. The summed E-state index contributed by atoms with van der Waals surface area (Å²) >= 11 is 0. The molecule has 0 bridgehead atoms. The van der Waals surface area contributed by atoms with Gasteiger partial charge in [-0.1, -0.05) is 12.1 Å². The number of benzene rings is 1. The summed E-state index contributed by atoms with van der Waals surface area (Å²) in [7, 11) is 1.63. The van der Waals surface area contributed by atoms with E-state index in [1.165, 1.54) is 0 Å². The summed E-state index contributed by atoms with van der Waals surface area (Å²) in [4.78, 5) is 16.7. The van der Waals surface area contributed by atoms with Crippen LogP contribution in [0.5, 0.6) is 5.75 Å². The van der Waals surface area contributed by atoms with Crippen molar-refractivity contribution in [1.82, 2.24) is 20.1 Å². The van der Waals surface area contributed by atoms with E-state index in [-0.39, 0.29) is 11.9 Å². The van der Waals surface area contributed by atoms with Crippen LogP contribution in [-0.2, 0) is 6.54 Å². The number of hydrogen-bond acceptors (Lipinski definition) is 4. The summed E-state index contributed by atoms with van der Waals surface area (Å²) in [6, 6.07) is 9.63. The monoisotopic (exact) mass is 324 g/mol. The lowest BCUT2D eigenvalue weighted by molar-refractivity contribution is 0.0950. The van der Waals surface area contributed by atoms with Crippen molar-refractivity contribution < 1.29 is 9.53 Å². The van der Waals surface area contributed by atoms with Crippen molar-refractivity contribution in [1.29, 1.82) is 0 Å². The van der Waals surface area contributed by atoms with Gasteiger partial charge in [0.2, 0.25) is 0 Å². The normalized spacial score (nSPS) is 11.0. The Morgan fingerprint density at radius 1 is 1.25 bits per heavy atom. The van der Waals surface area contributed by atoms with Gasteiger partial charge in [0.1, 0.15) is 5.75 Å². The van der Waals surface area contributed by atoms with Crippen LogP contribution < -0.4 is 10.1 Å². The maximum atomic E-state index is 12.3. The highest BCUT2D eigenvalue weighted by Crippen LogP contribution is 2.17. The van der Waals surface area contributed by atoms with Crippen LogP contribution in [0.4, 0.5) is 0 Å². The first kappa shape index (κ1) is 16.0. The molecular formula is C18H20N4O2. The number of fused-ring (bicyclic) bond motifs is 1. The number of carbonyl (C=O) groups is 1. The minimum Gasteiger partial charge on any atom is -0.497 e. The molecule has 0 aliphatic carbocycles. The van der Waals surface area contributed by atoms with Gasteiger partial charge in [0.25, 0.3) is 5.91 Å². The van der Waals surface area contributed by atoms with Crippen LogP contribution in [-0.4, -0.2) is 27.8 Å². The lowest BCUT2D eigenvalue weighted by Crippen LogP contribution is -2.22. The Bertz CT molecular complexity index is 853. The average Bonchev–Trinajstić information content (AvgIpc) is 3.03. The molecule has 0 atom stereocenters. The van der Waals surface area contributed by atoms with Crippen molar-refractivity contribution in [2.75, 3.05) is 7.11 Å². The molecule has 0 radical (unpaired) electrons. The molecule has 1 aromatic carbocycles. The highest BCUT2D eigenvalue weighted by molar-refractivity contribution is 5.96. The maximum absolute atomic E-state index is 12.3. The summed E-state index contributed by atoms with van der Waals surface area (Å²) in [6.07, 6.45) is 3.33. The molecule has 6 nitrogen and oxygen atoms in total. The van der Waals surface area contributed by atoms with Crippen LogP contribution in [0.15, 0.2) is 42.7 Å². The number of nitrogens with one attached hydrogen (secondary N) is 1. The van der Waals surface area contributed by atoms with Crippen molar-refractivity contribution in [3.63, 3.8) is 0 Å². The Hall–Kier alpha value is -2.89. The number of amides is 1. The second-order valence-corrected chi connectivity index (χ2v) is 5.85. The third kappa shape index (κ3) is 3.22. The third-order valence-electron chi connectivity index (χ3n) is 3.80. The minimum atomic E-state index is -0.155. The number of hydrogen-bond donors (Lipinski definition) is 1. The maximum Gasteiger partial charge on any atom is 0.253 e. The van der Waals surface area contributed by atoms with E-state index in [9.17, 15) is 4.79 Å². The van der Waals surface area contributed by atoms with Crippen LogP contribution in [0.25, 0.3) is 11.0 Å². The summed E-state index contributed by atoms with van der Waals surface area (Å²) in [6.45, 7) is 4.54. The highest BCUT2D eigenvalue weighted by atomic mass is 16.5. The lowest BCUT2D eigenvalue weighted by Gasteiger charge is -2.08. The first-order valence-corrected chi connectivity index (χ1v) is 7.83. The van der Waals surface area contributed by atoms with E-state index in [0.29, 0.717) is 12.1 Å². The second-order valence-electron chi connectivity index (χ2n) is 5.85. The molecule has 0 aliphatic heterocycles. The molecular weight excluding hydrogens is 304 g/mol. The Morgan fingerprint density at radius 3 is 2.67 bits per heavy atom. The fourth-order valence-electron chi connectivity index (χ4n) is 2.47. The van der Waals surface area contributed by atoms with Gasteiger partial charge in [-0.3, -0.25) is 4.79 Å². The lowest BCUT2D eigenvalue weighted by atomic mass is 10.2. The van der Waals surface area contributed by atoms with Crippen LogP contribution >= 0.6 is 0 Å². The van der Waals surface area contributed by atoms with Crippen molar-refractivity contribution in [2.45, 2.75) is 26.4 Å². The van der Waals surface area contributed by atoms with Gasteiger partial charge < -0.3 is 10.1 Å². The number of rotatable bonds is 5. The van der Waals surface area contributed by atoms with Gasteiger partial charge in [0, 0.05) is 24.2 Å². The van der Waals surface area contributed by atoms with E-state index < -0.39 is 0 Å². The number of pyridine rings is 1. The van der Waals surface area contributed by atoms with E-state index in [2.05, 4.69) is 15.4 Å². The first-order valence-electron chi connectivity index (χ1n) is 7.83. The zero-order chi connectivity index (χ0) is 17.1. The van der Waals surface area contributed by atoms with Crippen molar-refractivity contribution in [2.24, 2.45) is 0 Å². The quantitative estimate of drug-likeness (QED) is 0.783. The molecule has 0 spiro atoms. The van der Waals surface area contributed by atoms with Crippen LogP contribution in [0.1, 0.15) is 35.8 Å². The molecule has 2 heterocycles. The third-order valence-corrected chi connectivity index (χ3v) is 3.80. The fourth-order valence-corrected chi connectivity index (χ4v) is 2.47. The SMILES string of the molecule is COc1ccc(CNC(=O)c2cnc3c(cnn3C(C)C)c2)cc1. The molecule has 1 amide bonds. The van der Waals surface area contributed by atoms with Crippen molar-refractivity contribution >= 4 is 16.9 Å². The van der Waals surface area contributed by atoms with Crippen molar-refractivity contribution in [3.05, 3.63) is 53.9 Å². The Morgan fingerprint density at radius 2 is 2.00 bits per heavy atom. The standard InChI is InChI=1S/C18H20N4O2/c1-12(2)22-17-14(11-21-22)8-15(10-19-17)18(23)20-9-13-4-6-16(24-3)7-5-13/h4-8,10-12H,9H2,1-3H3,(H,20,23). The van der Waals surface area contributed by atoms with Gasteiger partial charge in [0.05, 0.1) is 18.9 Å². The number of ether oxygens (including phenoxy) is 1. The smallest absolute Gasteiger partial charge is 0.253 e. The number of carbonyl (C=O) groups excluding carboxylic acids is 1. The summed E-state index contributed by atoms with van der Waals surface area (Å²) < 4.78 is 6.96. The molecule has 0 aliphatic rings. The van der Waals surface area contributed by atoms with Gasteiger partial charge in [-0.25, -0.2) is 9.67 Å². The zero-order valence-electron chi connectivity index (χ0n) is 14.0. The fraction of sp³-hybridized carbons (Fsp3) is 0.278. The Balaban J connectivity index is 1.71. The molecule has 0 saturated carbocycles. The van der Waals surface area contributed by atoms with E-state index in [0.717, 1.165) is 22.3 Å². The van der Waals surface area contributed by atoms with E-state index in [1.807, 2.05) is 48.9 Å². The van der Waals surface area contributed by atoms with E-state index in [4.69, 9.17) is 4.74 Å². The van der Waals surface area contributed by atoms with Gasteiger partial charge >= 0.3 is 0 Å². The predicted octanol–water partition coefficient (Wildman–Crippen LogP) is 2.95. The minimum absolute atomic E-state index is 0.155. The largest absolute Gasteiger partial charge is 0.497 e. The molecule has 1 N–H and O–H groups in total. The van der Waals surface area contributed by atoms with Crippen LogP contribution in [0, 0.1) is 0 Å². The molecule has 0 unspecified atom stereocenters. The van der Waals surface area contributed by atoms with Gasteiger partial charge in [-0.15, -0.1) is 0 Å². The predicted molar refractivity (Wildman–Crippen MR) is 92.1 cm³/mol. The molecule has 24 heavy (non-hydrogen) atoms. The molecule has 0 saturated heterocycles. The molecule has 2 aromatic heterocycles. The molecule has 0 fully saturated rings.